The number of para-hydroxylation sites is 1. The second kappa shape index (κ2) is 7.27. The van der Waals surface area contributed by atoms with E-state index in [2.05, 4.69) is 4.99 Å². The minimum absolute atomic E-state index is 0.00344. The highest BCUT2D eigenvalue weighted by Crippen LogP contribution is 2.31. The summed E-state index contributed by atoms with van der Waals surface area (Å²) in [5.41, 5.74) is 1.33. The van der Waals surface area contributed by atoms with Crippen molar-refractivity contribution in [3.63, 3.8) is 0 Å². The van der Waals surface area contributed by atoms with Crippen LogP contribution in [0.2, 0.25) is 5.02 Å². The molecule has 0 N–H and O–H groups in total. The average molecular weight is 322 g/mol. The van der Waals surface area contributed by atoms with Gasteiger partial charge in [0.25, 0.3) is 0 Å². The van der Waals surface area contributed by atoms with E-state index in [1.807, 2.05) is 32.0 Å². The molecule has 0 saturated carbocycles. The van der Waals surface area contributed by atoms with Gasteiger partial charge in [0.05, 0.1) is 23.9 Å². The van der Waals surface area contributed by atoms with Crippen LogP contribution in [0.4, 0.5) is 10.1 Å². The molecule has 0 aliphatic carbocycles. The largest absolute Gasteiger partial charge is 0.493 e. The first-order chi connectivity index (χ1) is 10.5. The number of methoxy groups -OCH3 is 1. The Hall–Kier alpha value is -2.07. The van der Waals surface area contributed by atoms with E-state index in [1.165, 1.54) is 12.1 Å². The van der Waals surface area contributed by atoms with Gasteiger partial charge in [-0.1, -0.05) is 17.7 Å². The highest BCUT2D eigenvalue weighted by molar-refractivity contribution is 6.31. The summed E-state index contributed by atoms with van der Waals surface area (Å²) in [7, 11) is 1.59. The SMILES string of the molecule is COc1cccc(C=Nc2ccc(F)c(Cl)c2)c1OC(C)C. The molecule has 3 nitrogen and oxygen atoms in total. The molecule has 0 aliphatic heterocycles. The van der Waals surface area contributed by atoms with Crippen molar-refractivity contribution in [3.05, 3.63) is 52.8 Å². The number of halogens is 2. The molecular formula is C17H17ClFNO2. The van der Waals surface area contributed by atoms with E-state index in [-0.39, 0.29) is 11.1 Å². The Labute approximate surface area is 134 Å². The topological polar surface area (TPSA) is 30.8 Å². The van der Waals surface area contributed by atoms with Crippen LogP contribution in [0.15, 0.2) is 41.4 Å². The van der Waals surface area contributed by atoms with Crippen molar-refractivity contribution in [2.24, 2.45) is 4.99 Å². The van der Waals surface area contributed by atoms with Crippen molar-refractivity contribution in [1.82, 2.24) is 0 Å². The summed E-state index contributed by atoms with van der Waals surface area (Å²) in [5.74, 6) is 0.789. The molecule has 2 aromatic carbocycles. The monoisotopic (exact) mass is 321 g/mol. The Balaban J connectivity index is 2.35. The maximum Gasteiger partial charge on any atom is 0.170 e. The first-order valence-corrected chi connectivity index (χ1v) is 7.22. The number of benzene rings is 2. The molecule has 0 heterocycles. The third-order valence-electron chi connectivity index (χ3n) is 2.84. The zero-order chi connectivity index (χ0) is 16.1. The molecule has 0 aliphatic rings. The number of aliphatic imine (C=N–C) groups is 1. The second-order valence-electron chi connectivity index (χ2n) is 4.90. The summed E-state index contributed by atoms with van der Waals surface area (Å²) in [6, 6.07) is 9.85. The Morgan fingerprint density at radius 1 is 1.23 bits per heavy atom. The van der Waals surface area contributed by atoms with Gasteiger partial charge in [-0.15, -0.1) is 0 Å². The molecule has 22 heavy (non-hydrogen) atoms. The predicted molar refractivity (Wildman–Crippen MR) is 87.4 cm³/mol. The lowest BCUT2D eigenvalue weighted by molar-refractivity contribution is 0.230. The molecule has 2 aromatic rings. The number of hydrogen-bond donors (Lipinski definition) is 0. The number of ether oxygens (including phenoxy) is 2. The smallest absolute Gasteiger partial charge is 0.170 e. The van der Waals surface area contributed by atoms with Crippen molar-refractivity contribution in [3.8, 4) is 11.5 Å². The van der Waals surface area contributed by atoms with E-state index in [4.69, 9.17) is 21.1 Å². The molecule has 0 unspecified atom stereocenters. The van der Waals surface area contributed by atoms with E-state index in [9.17, 15) is 4.39 Å². The quantitative estimate of drug-likeness (QED) is 0.723. The third-order valence-corrected chi connectivity index (χ3v) is 3.13. The minimum atomic E-state index is -0.467. The van der Waals surface area contributed by atoms with Crippen LogP contribution in [-0.2, 0) is 0 Å². The first kappa shape index (κ1) is 16.3. The molecular weight excluding hydrogens is 305 g/mol. The Morgan fingerprint density at radius 3 is 2.64 bits per heavy atom. The van der Waals surface area contributed by atoms with Gasteiger partial charge in [0.15, 0.2) is 11.5 Å². The second-order valence-corrected chi connectivity index (χ2v) is 5.31. The fraction of sp³-hybridized carbons (Fsp3) is 0.235. The molecule has 0 aromatic heterocycles. The molecule has 116 valence electrons. The molecule has 0 atom stereocenters. The van der Waals surface area contributed by atoms with Crippen LogP contribution in [0, 0.1) is 5.82 Å². The third kappa shape index (κ3) is 3.98. The zero-order valence-electron chi connectivity index (χ0n) is 12.6. The highest BCUT2D eigenvalue weighted by Gasteiger charge is 2.10. The predicted octanol–water partition coefficient (Wildman–Crippen LogP) is 5.03. The van der Waals surface area contributed by atoms with Crippen molar-refractivity contribution in [2.45, 2.75) is 20.0 Å². The van der Waals surface area contributed by atoms with Gasteiger partial charge >= 0.3 is 0 Å². The summed E-state index contributed by atoms with van der Waals surface area (Å²) in [6.45, 7) is 3.88. The molecule has 5 heteroatoms. The van der Waals surface area contributed by atoms with E-state index in [0.717, 1.165) is 5.56 Å². The van der Waals surface area contributed by atoms with Crippen molar-refractivity contribution >= 4 is 23.5 Å². The molecule has 2 rings (SSSR count). The maximum atomic E-state index is 13.1. The van der Waals surface area contributed by atoms with Gasteiger partial charge in [-0.05, 0) is 44.2 Å². The van der Waals surface area contributed by atoms with Crippen molar-refractivity contribution < 1.29 is 13.9 Å². The molecule has 0 fully saturated rings. The van der Waals surface area contributed by atoms with Crippen LogP contribution in [0.1, 0.15) is 19.4 Å². The van der Waals surface area contributed by atoms with E-state index >= 15 is 0 Å². The van der Waals surface area contributed by atoms with Crippen LogP contribution < -0.4 is 9.47 Å². The lowest BCUT2D eigenvalue weighted by Crippen LogP contribution is -2.08. The standard InChI is InChI=1S/C17H17ClFNO2/c1-11(2)22-17-12(5-4-6-16(17)21-3)10-20-13-7-8-15(19)14(18)9-13/h4-11H,1-3H3. The molecule has 0 amide bonds. The fourth-order valence-electron chi connectivity index (χ4n) is 1.87. The van der Waals surface area contributed by atoms with Gasteiger partial charge < -0.3 is 9.47 Å². The average Bonchev–Trinajstić information content (AvgIpc) is 2.49. The van der Waals surface area contributed by atoms with Crippen LogP contribution >= 0.6 is 11.6 Å². The highest BCUT2D eigenvalue weighted by atomic mass is 35.5. The molecule has 0 bridgehead atoms. The number of hydrogen-bond acceptors (Lipinski definition) is 3. The van der Waals surface area contributed by atoms with Crippen LogP contribution in [-0.4, -0.2) is 19.4 Å². The van der Waals surface area contributed by atoms with Gasteiger partial charge in [0, 0.05) is 11.8 Å². The minimum Gasteiger partial charge on any atom is -0.493 e. The van der Waals surface area contributed by atoms with Gasteiger partial charge in [-0.3, -0.25) is 4.99 Å². The lowest BCUT2D eigenvalue weighted by atomic mass is 10.2. The maximum absolute atomic E-state index is 13.1. The first-order valence-electron chi connectivity index (χ1n) is 6.84. The van der Waals surface area contributed by atoms with Gasteiger partial charge in [0.1, 0.15) is 5.82 Å². The van der Waals surface area contributed by atoms with Crippen LogP contribution in [0.5, 0.6) is 11.5 Å². The summed E-state index contributed by atoms with van der Waals surface area (Å²) in [6.07, 6.45) is 1.65. The zero-order valence-corrected chi connectivity index (χ0v) is 13.4. The van der Waals surface area contributed by atoms with Gasteiger partial charge in [-0.25, -0.2) is 4.39 Å². The fourth-order valence-corrected chi connectivity index (χ4v) is 2.04. The Bertz CT molecular complexity index is 686. The Kier molecular flexibility index (Phi) is 5.39. The number of nitrogens with zero attached hydrogens (tertiary/aromatic N) is 1. The van der Waals surface area contributed by atoms with Crippen molar-refractivity contribution in [2.75, 3.05) is 7.11 Å². The van der Waals surface area contributed by atoms with Crippen LogP contribution in [0.25, 0.3) is 0 Å². The van der Waals surface area contributed by atoms with Crippen molar-refractivity contribution in [1.29, 1.82) is 0 Å². The molecule has 0 spiro atoms. The molecule has 0 radical (unpaired) electrons. The summed E-state index contributed by atoms with van der Waals surface area (Å²) >= 11 is 5.75. The molecule has 0 saturated heterocycles. The van der Waals surface area contributed by atoms with E-state index < -0.39 is 5.82 Å². The van der Waals surface area contributed by atoms with Crippen LogP contribution in [0.3, 0.4) is 0 Å². The lowest BCUT2D eigenvalue weighted by Gasteiger charge is -2.15. The van der Waals surface area contributed by atoms with Gasteiger partial charge in [-0.2, -0.15) is 0 Å². The summed E-state index contributed by atoms with van der Waals surface area (Å²) < 4.78 is 24.3. The van der Waals surface area contributed by atoms with E-state index in [1.54, 1.807) is 19.4 Å². The summed E-state index contributed by atoms with van der Waals surface area (Å²) in [5, 5.41) is 0.0407. The normalized spacial score (nSPS) is 11.2. The van der Waals surface area contributed by atoms with E-state index in [0.29, 0.717) is 17.2 Å². The summed E-state index contributed by atoms with van der Waals surface area (Å²) in [4.78, 5) is 4.31. The Morgan fingerprint density at radius 2 is 2.00 bits per heavy atom. The number of rotatable bonds is 5. The van der Waals surface area contributed by atoms with Gasteiger partial charge in [0.2, 0.25) is 0 Å².